The molecule has 0 aliphatic rings. The van der Waals surface area contributed by atoms with Gasteiger partial charge < -0.3 is 10.3 Å². The normalized spacial score (nSPS) is 12.3. The summed E-state index contributed by atoms with van der Waals surface area (Å²) < 4.78 is 0. The number of hydrogen-bond acceptors (Lipinski definition) is 4. The molecule has 1 aromatic carbocycles. The van der Waals surface area contributed by atoms with Crippen LogP contribution in [-0.2, 0) is 4.79 Å². The Kier molecular flexibility index (Phi) is 4.32. The first-order valence-electron chi connectivity index (χ1n) is 7.64. The Labute approximate surface area is 134 Å². The number of imidazole rings is 1. The number of rotatable bonds is 5. The molecule has 3 aromatic rings. The number of nitrogens with zero attached hydrogens (tertiary/aromatic N) is 3. The molecule has 0 aliphatic carbocycles. The number of carbonyl (C=O) groups is 1. The van der Waals surface area contributed by atoms with Crippen molar-refractivity contribution in [2.75, 3.05) is 5.32 Å². The highest BCUT2D eigenvalue weighted by atomic mass is 16.1. The Balaban J connectivity index is 1.59. The van der Waals surface area contributed by atoms with Gasteiger partial charge in [-0.2, -0.15) is 0 Å². The second-order valence-electron chi connectivity index (χ2n) is 5.72. The van der Waals surface area contributed by atoms with Crippen molar-refractivity contribution in [3.63, 3.8) is 0 Å². The molecular weight excluding hydrogens is 290 g/mol. The highest BCUT2D eigenvalue weighted by Crippen LogP contribution is 2.21. The van der Waals surface area contributed by atoms with E-state index in [1.54, 1.807) is 0 Å². The third-order valence-electron chi connectivity index (χ3n) is 3.93. The van der Waals surface area contributed by atoms with E-state index >= 15 is 0 Å². The lowest BCUT2D eigenvalue weighted by atomic mass is 9.95. The summed E-state index contributed by atoms with van der Waals surface area (Å²) >= 11 is 0. The average Bonchev–Trinajstić information content (AvgIpc) is 3.03. The van der Waals surface area contributed by atoms with Crippen LogP contribution in [0.1, 0.15) is 36.8 Å². The number of aromatic nitrogens is 4. The molecular formula is C17H19N5O. The molecule has 2 N–H and O–H groups in total. The van der Waals surface area contributed by atoms with Crippen LogP contribution in [0.15, 0.2) is 36.9 Å². The number of hydrogen-bond donors (Lipinski definition) is 2. The van der Waals surface area contributed by atoms with Crippen molar-refractivity contribution in [3.8, 4) is 0 Å². The van der Waals surface area contributed by atoms with Crippen LogP contribution in [-0.4, -0.2) is 25.8 Å². The summed E-state index contributed by atoms with van der Waals surface area (Å²) in [5, 5.41) is 2.83. The number of H-pyrrole nitrogens is 1. The molecule has 3 rings (SSSR count). The number of aromatic amines is 1. The van der Waals surface area contributed by atoms with Crippen LogP contribution < -0.4 is 5.32 Å². The molecule has 6 nitrogen and oxygen atoms in total. The van der Waals surface area contributed by atoms with Gasteiger partial charge in [0.1, 0.15) is 11.8 Å². The first-order valence-corrected chi connectivity index (χ1v) is 7.64. The summed E-state index contributed by atoms with van der Waals surface area (Å²) in [6.45, 7) is 4.20. The van der Waals surface area contributed by atoms with Gasteiger partial charge in [0.15, 0.2) is 11.5 Å². The quantitative estimate of drug-likeness (QED) is 0.758. The molecule has 0 unspecified atom stereocenters. The summed E-state index contributed by atoms with van der Waals surface area (Å²) in [4.78, 5) is 27.3. The van der Waals surface area contributed by atoms with Crippen LogP contribution in [0.5, 0.6) is 0 Å². The number of carbonyl (C=O) groups excluding carboxylic acids is 1. The van der Waals surface area contributed by atoms with Crippen molar-refractivity contribution in [2.24, 2.45) is 0 Å². The number of benzene rings is 1. The number of fused-ring (bicyclic) bond motifs is 1. The number of nitrogens with one attached hydrogen (secondary N) is 2. The Morgan fingerprint density at radius 1 is 1.22 bits per heavy atom. The van der Waals surface area contributed by atoms with Crippen molar-refractivity contribution in [1.82, 2.24) is 19.9 Å². The number of anilines is 1. The predicted molar refractivity (Wildman–Crippen MR) is 89.1 cm³/mol. The minimum absolute atomic E-state index is 0.0569. The predicted octanol–water partition coefficient (Wildman–Crippen LogP) is 3.18. The molecule has 1 atom stereocenters. The molecule has 2 aromatic heterocycles. The molecule has 0 saturated heterocycles. The van der Waals surface area contributed by atoms with Gasteiger partial charge in [0.05, 0.1) is 6.33 Å². The second-order valence-corrected chi connectivity index (χ2v) is 5.72. The second kappa shape index (κ2) is 6.56. The van der Waals surface area contributed by atoms with Crippen molar-refractivity contribution in [3.05, 3.63) is 48.0 Å². The third-order valence-corrected chi connectivity index (χ3v) is 3.93. The molecule has 0 spiro atoms. The van der Waals surface area contributed by atoms with Gasteiger partial charge in [-0.05, 0) is 24.8 Å². The van der Waals surface area contributed by atoms with Gasteiger partial charge in [0.2, 0.25) is 5.91 Å². The third kappa shape index (κ3) is 3.53. The van der Waals surface area contributed by atoms with Crippen LogP contribution in [0.2, 0.25) is 0 Å². The van der Waals surface area contributed by atoms with Gasteiger partial charge in [-0.25, -0.2) is 15.0 Å². The standard InChI is InChI=1S/C17H19N5O/c1-11-3-6-13(7-4-11)12(2)5-8-14(23)22-17-15-16(19-9-18-15)20-10-21-17/h3-4,6-7,9-10,12H,5,8H2,1-2H3,(H2,18,19,20,21,22,23)/t12-/m0/s1. The highest BCUT2D eigenvalue weighted by Gasteiger charge is 2.12. The largest absolute Gasteiger partial charge is 0.340 e. The van der Waals surface area contributed by atoms with Crippen LogP contribution in [0, 0.1) is 6.92 Å². The molecule has 1 amide bonds. The molecule has 2 heterocycles. The van der Waals surface area contributed by atoms with Gasteiger partial charge in [0, 0.05) is 6.42 Å². The van der Waals surface area contributed by atoms with Gasteiger partial charge in [0.25, 0.3) is 0 Å². The van der Waals surface area contributed by atoms with Gasteiger partial charge in [-0.1, -0.05) is 36.8 Å². The molecule has 23 heavy (non-hydrogen) atoms. The van der Waals surface area contributed by atoms with Gasteiger partial charge >= 0.3 is 0 Å². The van der Waals surface area contributed by atoms with Gasteiger partial charge in [-0.15, -0.1) is 0 Å². The van der Waals surface area contributed by atoms with Crippen LogP contribution in [0.25, 0.3) is 11.2 Å². The first-order chi connectivity index (χ1) is 11.1. The van der Waals surface area contributed by atoms with Crippen LogP contribution >= 0.6 is 0 Å². The number of amides is 1. The maximum absolute atomic E-state index is 12.2. The highest BCUT2D eigenvalue weighted by molar-refractivity contribution is 5.96. The SMILES string of the molecule is Cc1ccc([C@@H](C)CCC(=O)Nc2ncnc3nc[nH]c23)cc1. The van der Waals surface area contributed by atoms with E-state index in [0.29, 0.717) is 29.3 Å². The molecule has 0 saturated carbocycles. The Bertz CT molecular complexity index is 809. The zero-order valence-corrected chi connectivity index (χ0v) is 13.2. The minimum Gasteiger partial charge on any atom is -0.340 e. The summed E-state index contributed by atoms with van der Waals surface area (Å²) in [7, 11) is 0. The van der Waals surface area contributed by atoms with E-state index in [1.807, 2.05) is 0 Å². The van der Waals surface area contributed by atoms with E-state index < -0.39 is 0 Å². The van der Waals surface area contributed by atoms with Crippen LogP contribution in [0.3, 0.4) is 0 Å². The zero-order valence-electron chi connectivity index (χ0n) is 13.2. The molecule has 0 aliphatic heterocycles. The van der Waals surface area contributed by atoms with Crippen molar-refractivity contribution in [2.45, 2.75) is 32.6 Å². The molecule has 0 fully saturated rings. The molecule has 0 bridgehead atoms. The maximum Gasteiger partial charge on any atom is 0.225 e. The Morgan fingerprint density at radius 2 is 2.00 bits per heavy atom. The van der Waals surface area contributed by atoms with Crippen molar-refractivity contribution >= 4 is 22.9 Å². The number of aryl methyl sites for hydroxylation is 1. The topological polar surface area (TPSA) is 83.6 Å². The van der Waals surface area contributed by atoms with Crippen molar-refractivity contribution < 1.29 is 4.79 Å². The monoisotopic (exact) mass is 309 g/mol. The molecule has 6 heteroatoms. The smallest absolute Gasteiger partial charge is 0.225 e. The van der Waals surface area contributed by atoms with Crippen LogP contribution in [0.4, 0.5) is 5.82 Å². The first kappa shape index (κ1) is 15.1. The van der Waals surface area contributed by atoms with E-state index in [0.717, 1.165) is 6.42 Å². The zero-order chi connectivity index (χ0) is 16.2. The summed E-state index contributed by atoms with van der Waals surface area (Å²) in [5.41, 5.74) is 3.68. The van der Waals surface area contributed by atoms with E-state index in [2.05, 4.69) is 63.4 Å². The lowest BCUT2D eigenvalue weighted by Crippen LogP contribution is -2.14. The minimum atomic E-state index is -0.0569. The lowest BCUT2D eigenvalue weighted by molar-refractivity contribution is -0.116. The summed E-state index contributed by atoms with van der Waals surface area (Å²) in [6.07, 6.45) is 4.16. The molecule has 0 radical (unpaired) electrons. The lowest BCUT2D eigenvalue weighted by Gasteiger charge is -2.12. The van der Waals surface area contributed by atoms with E-state index in [4.69, 9.17) is 0 Å². The Morgan fingerprint density at radius 3 is 2.78 bits per heavy atom. The van der Waals surface area contributed by atoms with E-state index in [1.165, 1.54) is 23.8 Å². The summed E-state index contributed by atoms with van der Waals surface area (Å²) in [6, 6.07) is 8.44. The average molecular weight is 309 g/mol. The maximum atomic E-state index is 12.2. The fraction of sp³-hybridized carbons (Fsp3) is 0.294. The van der Waals surface area contributed by atoms with Gasteiger partial charge in [-0.3, -0.25) is 4.79 Å². The van der Waals surface area contributed by atoms with Crippen molar-refractivity contribution in [1.29, 1.82) is 0 Å². The fourth-order valence-electron chi connectivity index (χ4n) is 2.46. The van der Waals surface area contributed by atoms with E-state index in [9.17, 15) is 4.79 Å². The Hall–Kier alpha value is -2.76. The summed E-state index contributed by atoms with van der Waals surface area (Å²) in [5.74, 6) is 0.748. The van der Waals surface area contributed by atoms with E-state index in [-0.39, 0.29) is 5.91 Å². The fourth-order valence-corrected chi connectivity index (χ4v) is 2.46. The molecule has 118 valence electrons.